The molecule has 0 unspecified atom stereocenters. The summed E-state index contributed by atoms with van der Waals surface area (Å²) in [5, 5.41) is 8.59. The van der Waals surface area contributed by atoms with E-state index < -0.39 is 0 Å². The lowest BCUT2D eigenvalue weighted by atomic mass is 9.87. The molecule has 0 saturated carbocycles. The summed E-state index contributed by atoms with van der Waals surface area (Å²) < 4.78 is 0. The molecule has 0 saturated heterocycles. The molecule has 5 heteroatoms. The summed E-state index contributed by atoms with van der Waals surface area (Å²) in [4.78, 5) is 24.0. The molecule has 2 aromatic rings. The third-order valence-electron chi connectivity index (χ3n) is 4.28. The summed E-state index contributed by atoms with van der Waals surface area (Å²) in [7, 11) is 1.60. The van der Waals surface area contributed by atoms with Crippen LogP contribution < -0.4 is 16.0 Å². The van der Waals surface area contributed by atoms with Crippen LogP contribution >= 0.6 is 0 Å². The van der Waals surface area contributed by atoms with E-state index in [9.17, 15) is 9.59 Å². The van der Waals surface area contributed by atoms with Gasteiger partial charge in [0.15, 0.2) is 0 Å². The topological polar surface area (TPSA) is 70.2 Å². The van der Waals surface area contributed by atoms with Crippen molar-refractivity contribution in [1.82, 2.24) is 5.32 Å². The van der Waals surface area contributed by atoms with Crippen molar-refractivity contribution in [2.75, 3.05) is 24.2 Å². The van der Waals surface area contributed by atoms with Crippen LogP contribution in [0.5, 0.6) is 0 Å². The molecule has 0 aliphatic carbocycles. The molecule has 2 aromatic carbocycles. The second kappa shape index (κ2) is 8.04. The van der Waals surface area contributed by atoms with Crippen LogP contribution in [0.3, 0.4) is 0 Å². The fraction of sp³-hybridized carbons (Fsp3) is 0.333. The first-order valence-electron chi connectivity index (χ1n) is 8.68. The Labute approximate surface area is 155 Å². The van der Waals surface area contributed by atoms with Gasteiger partial charge in [-0.05, 0) is 47.7 Å². The molecule has 2 rings (SSSR count). The molecule has 0 atom stereocenters. The van der Waals surface area contributed by atoms with E-state index in [1.807, 2.05) is 37.3 Å². The van der Waals surface area contributed by atoms with Gasteiger partial charge < -0.3 is 16.0 Å². The third kappa shape index (κ3) is 4.85. The minimum Gasteiger partial charge on any atom is -0.376 e. The first-order valence-corrected chi connectivity index (χ1v) is 8.68. The van der Waals surface area contributed by atoms with Gasteiger partial charge >= 0.3 is 0 Å². The molecule has 2 amide bonds. The molecule has 138 valence electrons. The Morgan fingerprint density at radius 3 is 2.23 bits per heavy atom. The maximum absolute atomic E-state index is 12.2. The molecule has 0 heterocycles. The van der Waals surface area contributed by atoms with Gasteiger partial charge in [-0.15, -0.1) is 0 Å². The summed E-state index contributed by atoms with van der Waals surface area (Å²) in [6.45, 7) is 8.44. The zero-order valence-corrected chi connectivity index (χ0v) is 16.1. The number of benzene rings is 2. The number of hydrogen-bond acceptors (Lipinski definition) is 3. The van der Waals surface area contributed by atoms with Gasteiger partial charge in [0.2, 0.25) is 5.91 Å². The molecule has 0 radical (unpaired) electrons. The van der Waals surface area contributed by atoms with Gasteiger partial charge in [-0.25, -0.2) is 0 Å². The Hall–Kier alpha value is -2.82. The van der Waals surface area contributed by atoms with Gasteiger partial charge in [-0.1, -0.05) is 39.0 Å². The predicted molar refractivity (Wildman–Crippen MR) is 107 cm³/mol. The average molecular weight is 353 g/mol. The van der Waals surface area contributed by atoms with Crippen molar-refractivity contribution < 1.29 is 9.59 Å². The second-order valence-electron chi connectivity index (χ2n) is 7.29. The summed E-state index contributed by atoms with van der Waals surface area (Å²) in [5.74, 6) is -0.284. The van der Waals surface area contributed by atoms with E-state index in [0.717, 1.165) is 16.9 Å². The number of nitrogens with one attached hydrogen (secondary N) is 3. The van der Waals surface area contributed by atoms with Crippen LogP contribution in [0.25, 0.3) is 0 Å². The van der Waals surface area contributed by atoms with Crippen molar-refractivity contribution in [1.29, 1.82) is 0 Å². The summed E-state index contributed by atoms with van der Waals surface area (Å²) in [5.41, 5.74) is 4.24. The van der Waals surface area contributed by atoms with E-state index in [4.69, 9.17) is 0 Å². The second-order valence-corrected chi connectivity index (χ2v) is 7.29. The lowest BCUT2D eigenvalue weighted by Gasteiger charge is -2.19. The van der Waals surface area contributed by atoms with Crippen LogP contribution in [0, 0.1) is 6.92 Å². The first-order chi connectivity index (χ1) is 12.2. The Kier molecular flexibility index (Phi) is 6.03. The van der Waals surface area contributed by atoms with Crippen LogP contribution in [-0.4, -0.2) is 25.4 Å². The average Bonchev–Trinajstić information content (AvgIpc) is 2.60. The monoisotopic (exact) mass is 353 g/mol. The van der Waals surface area contributed by atoms with E-state index in [1.165, 1.54) is 5.56 Å². The normalized spacial score (nSPS) is 11.0. The number of carbonyl (C=O) groups excluding carboxylic acids is 2. The van der Waals surface area contributed by atoms with Crippen LogP contribution in [0.15, 0.2) is 42.5 Å². The fourth-order valence-corrected chi connectivity index (χ4v) is 2.64. The molecular weight excluding hydrogens is 326 g/mol. The highest BCUT2D eigenvalue weighted by molar-refractivity contribution is 5.97. The minimum atomic E-state index is -0.144. The largest absolute Gasteiger partial charge is 0.376 e. The predicted octanol–water partition coefficient (Wildman–Crippen LogP) is 3.70. The highest BCUT2D eigenvalue weighted by Crippen LogP contribution is 2.23. The van der Waals surface area contributed by atoms with Gasteiger partial charge in [0.25, 0.3) is 5.91 Å². The number of carbonyl (C=O) groups is 2. The van der Waals surface area contributed by atoms with E-state index in [-0.39, 0.29) is 23.8 Å². The fourth-order valence-electron chi connectivity index (χ4n) is 2.64. The first kappa shape index (κ1) is 19.5. The zero-order chi connectivity index (χ0) is 19.3. The van der Waals surface area contributed by atoms with Crippen molar-refractivity contribution in [2.24, 2.45) is 0 Å². The lowest BCUT2D eigenvalue weighted by Crippen LogP contribution is -2.23. The molecule has 5 nitrogen and oxygen atoms in total. The van der Waals surface area contributed by atoms with Crippen molar-refractivity contribution in [3.63, 3.8) is 0 Å². The number of hydrogen-bond donors (Lipinski definition) is 3. The maximum atomic E-state index is 12.2. The molecule has 0 aliphatic rings. The molecule has 0 aromatic heterocycles. The number of anilines is 2. The summed E-state index contributed by atoms with van der Waals surface area (Å²) in [6, 6.07) is 13.3. The summed E-state index contributed by atoms with van der Waals surface area (Å²) in [6.07, 6.45) is 0. The van der Waals surface area contributed by atoms with E-state index in [0.29, 0.717) is 5.56 Å². The van der Waals surface area contributed by atoms with E-state index in [2.05, 4.69) is 36.7 Å². The smallest absolute Gasteiger partial charge is 0.251 e. The Morgan fingerprint density at radius 2 is 1.65 bits per heavy atom. The molecule has 0 spiro atoms. The van der Waals surface area contributed by atoms with E-state index >= 15 is 0 Å². The van der Waals surface area contributed by atoms with Gasteiger partial charge in [0.05, 0.1) is 6.54 Å². The maximum Gasteiger partial charge on any atom is 0.251 e. The Bertz CT molecular complexity index is 790. The van der Waals surface area contributed by atoms with Crippen LogP contribution in [-0.2, 0) is 10.2 Å². The highest BCUT2D eigenvalue weighted by atomic mass is 16.2. The van der Waals surface area contributed by atoms with Crippen molar-refractivity contribution >= 4 is 23.2 Å². The Balaban J connectivity index is 1.98. The zero-order valence-electron chi connectivity index (χ0n) is 16.1. The minimum absolute atomic E-state index is 0.0808. The Morgan fingerprint density at radius 1 is 1.00 bits per heavy atom. The van der Waals surface area contributed by atoms with Crippen molar-refractivity contribution in [3.05, 3.63) is 59.2 Å². The van der Waals surface area contributed by atoms with E-state index in [1.54, 1.807) is 19.2 Å². The molecule has 3 N–H and O–H groups in total. The third-order valence-corrected chi connectivity index (χ3v) is 4.28. The SMILES string of the molecule is CNC(=O)c1cccc(NCC(=O)Nc2ccc(C(C)(C)C)cc2)c1C. The number of amides is 2. The molecule has 0 fully saturated rings. The van der Waals surface area contributed by atoms with Crippen LogP contribution in [0.2, 0.25) is 0 Å². The molecule has 0 bridgehead atoms. The van der Waals surface area contributed by atoms with Crippen molar-refractivity contribution in [2.45, 2.75) is 33.1 Å². The molecule has 0 aliphatic heterocycles. The summed E-state index contributed by atoms with van der Waals surface area (Å²) >= 11 is 0. The number of rotatable bonds is 5. The van der Waals surface area contributed by atoms with Gasteiger partial charge in [0, 0.05) is 24.0 Å². The lowest BCUT2D eigenvalue weighted by molar-refractivity contribution is -0.114. The molecular formula is C21H27N3O2. The van der Waals surface area contributed by atoms with Crippen molar-refractivity contribution in [3.8, 4) is 0 Å². The van der Waals surface area contributed by atoms with Crippen LogP contribution in [0.4, 0.5) is 11.4 Å². The van der Waals surface area contributed by atoms with Gasteiger partial charge in [-0.3, -0.25) is 9.59 Å². The van der Waals surface area contributed by atoms with Gasteiger partial charge in [0.1, 0.15) is 0 Å². The quantitative estimate of drug-likeness (QED) is 0.767. The standard InChI is InChI=1S/C21H27N3O2/c1-14-17(20(26)22-5)7-6-8-18(14)23-13-19(25)24-16-11-9-15(10-12-16)21(2,3)4/h6-12,23H,13H2,1-5H3,(H,22,26)(H,24,25). The van der Waals surface area contributed by atoms with Gasteiger partial charge in [-0.2, -0.15) is 0 Å². The highest BCUT2D eigenvalue weighted by Gasteiger charge is 2.14. The molecule has 26 heavy (non-hydrogen) atoms. The van der Waals surface area contributed by atoms with Crippen LogP contribution in [0.1, 0.15) is 42.3 Å².